The maximum absolute atomic E-state index is 12.0. The zero-order valence-electron chi connectivity index (χ0n) is 21.4. The minimum atomic E-state index is -1.07. The average molecular weight is 585 g/mol. The molecule has 13 heteroatoms. The van der Waals surface area contributed by atoms with Crippen molar-refractivity contribution >= 4 is 46.9 Å². The molecular formula is C27H26Cl2N6O5. The third-order valence-corrected chi connectivity index (χ3v) is 6.87. The first-order valence-corrected chi connectivity index (χ1v) is 12.8. The van der Waals surface area contributed by atoms with E-state index in [1.54, 1.807) is 30.1 Å². The fraction of sp³-hybridized carbons (Fsp3) is 0.259. The van der Waals surface area contributed by atoms with Crippen LogP contribution >= 0.6 is 23.2 Å². The molecule has 0 saturated carbocycles. The van der Waals surface area contributed by atoms with Gasteiger partial charge in [-0.25, -0.2) is 9.59 Å². The summed E-state index contributed by atoms with van der Waals surface area (Å²) in [6.07, 6.45) is 2.60. The number of carbonyl (C=O) groups excluding carboxylic acids is 2. The minimum Gasteiger partial charge on any atom is -0.480 e. The number of urea groups is 1. The second kappa shape index (κ2) is 13.6. The van der Waals surface area contributed by atoms with Gasteiger partial charge in [0.05, 0.1) is 27.1 Å². The van der Waals surface area contributed by atoms with Crippen LogP contribution in [-0.4, -0.2) is 57.1 Å². The molecule has 2 aromatic carbocycles. The molecule has 0 atom stereocenters. The predicted molar refractivity (Wildman–Crippen MR) is 149 cm³/mol. The summed E-state index contributed by atoms with van der Waals surface area (Å²) in [4.78, 5) is 50.9. The highest BCUT2D eigenvalue weighted by atomic mass is 35.5. The Kier molecular flexibility index (Phi) is 10.2. The van der Waals surface area contributed by atoms with Gasteiger partial charge in [-0.15, -0.1) is 0 Å². The molecule has 0 bridgehead atoms. The van der Waals surface area contributed by atoms with Crippen LogP contribution in [0.5, 0.6) is 0 Å². The van der Waals surface area contributed by atoms with E-state index in [4.69, 9.17) is 28.3 Å². The largest absolute Gasteiger partial charge is 0.480 e. The molecule has 1 saturated heterocycles. The highest BCUT2D eigenvalue weighted by Gasteiger charge is 2.37. The van der Waals surface area contributed by atoms with Gasteiger partial charge in [-0.3, -0.25) is 9.59 Å². The lowest BCUT2D eigenvalue weighted by Gasteiger charge is -2.37. The molecule has 0 spiro atoms. The number of aliphatic carboxylic acids is 1. The average Bonchev–Trinajstić information content (AvgIpc) is 2.94. The first kappa shape index (κ1) is 30.1. The van der Waals surface area contributed by atoms with E-state index in [0.717, 1.165) is 5.56 Å². The van der Waals surface area contributed by atoms with Crippen molar-refractivity contribution in [1.82, 2.24) is 19.8 Å². The number of carbonyl (C=O) groups is 3. The number of nitriles is 1. The Hall–Kier alpha value is -4.40. The number of nitrogens with zero attached hydrogens (tertiary/aromatic N) is 4. The van der Waals surface area contributed by atoms with Crippen LogP contribution < -0.4 is 16.3 Å². The Morgan fingerprint density at radius 1 is 1.05 bits per heavy atom. The topological polar surface area (TPSA) is 157 Å². The molecule has 0 unspecified atom stereocenters. The number of piperidine rings is 1. The fourth-order valence-electron chi connectivity index (χ4n) is 4.01. The van der Waals surface area contributed by atoms with Gasteiger partial charge in [0, 0.05) is 26.3 Å². The van der Waals surface area contributed by atoms with Crippen molar-refractivity contribution in [3.05, 3.63) is 92.5 Å². The monoisotopic (exact) mass is 584 g/mol. The van der Waals surface area contributed by atoms with E-state index in [1.807, 2.05) is 30.3 Å². The van der Waals surface area contributed by atoms with Crippen molar-refractivity contribution in [2.45, 2.75) is 18.3 Å². The Morgan fingerprint density at radius 3 is 2.23 bits per heavy atom. The summed E-state index contributed by atoms with van der Waals surface area (Å²) in [5.74, 6) is -1.45. The number of amides is 3. The number of anilines is 1. The molecule has 0 radical (unpaired) electrons. The van der Waals surface area contributed by atoms with E-state index in [0.29, 0.717) is 25.9 Å². The number of aromatic nitrogens is 2. The number of hydrogen-bond acceptors (Lipinski definition) is 6. The SMILES string of the molecule is Cn1ccc(NC(=O)c2c(Cl)cccc2Cl)nc1=O.N#CC1(c2ccccc2)CCN(C(=O)NCC(=O)O)CC1. The van der Waals surface area contributed by atoms with Gasteiger partial charge in [-0.05, 0) is 36.6 Å². The normalized spacial score (nSPS) is 13.7. The smallest absolute Gasteiger partial charge is 0.349 e. The number of benzene rings is 2. The van der Waals surface area contributed by atoms with Gasteiger partial charge in [0.2, 0.25) is 0 Å². The number of carboxylic acids is 1. The van der Waals surface area contributed by atoms with Crippen LogP contribution in [0.3, 0.4) is 0 Å². The molecule has 40 heavy (non-hydrogen) atoms. The molecule has 2 heterocycles. The number of aryl methyl sites for hydroxylation is 1. The van der Waals surface area contributed by atoms with Crippen molar-refractivity contribution in [1.29, 1.82) is 5.26 Å². The summed E-state index contributed by atoms with van der Waals surface area (Å²) in [5, 5.41) is 23.4. The molecule has 1 aromatic heterocycles. The highest BCUT2D eigenvalue weighted by Crippen LogP contribution is 2.34. The zero-order valence-corrected chi connectivity index (χ0v) is 22.9. The standard InChI is InChI=1S/C15H17N3O3.C12H9Cl2N3O2/c16-11-15(12-4-2-1-3-5-12)6-8-18(9-7-15)14(21)17-10-13(19)20;1-17-6-5-9(16-12(17)19)15-11(18)10-7(13)3-2-4-8(10)14/h1-5H,6-10H2,(H,17,21)(H,19,20);2-6H,1H3,(H,15,16,18,19). The Bertz CT molecular complexity index is 1460. The van der Waals surface area contributed by atoms with Gasteiger partial charge in [0.25, 0.3) is 5.91 Å². The lowest BCUT2D eigenvalue weighted by atomic mass is 9.74. The molecule has 0 aliphatic carbocycles. The molecule has 208 valence electrons. The van der Waals surface area contributed by atoms with Gasteiger partial charge < -0.3 is 25.2 Å². The quantitative estimate of drug-likeness (QED) is 0.412. The predicted octanol–water partition coefficient (Wildman–Crippen LogP) is 3.68. The van der Waals surface area contributed by atoms with Gasteiger partial charge in [-0.2, -0.15) is 10.2 Å². The molecule has 3 aromatic rings. The van der Waals surface area contributed by atoms with Crippen molar-refractivity contribution in [2.75, 3.05) is 25.0 Å². The summed E-state index contributed by atoms with van der Waals surface area (Å²) in [6.45, 7) is 0.485. The Labute approximate surface area is 240 Å². The minimum absolute atomic E-state index is 0.143. The Morgan fingerprint density at radius 2 is 1.68 bits per heavy atom. The fourth-order valence-corrected chi connectivity index (χ4v) is 4.57. The first-order valence-electron chi connectivity index (χ1n) is 12.1. The molecule has 1 fully saturated rings. The van der Waals surface area contributed by atoms with Crippen molar-refractivity contribution < 1.29 is 19.5 Å². The number of likely N-dealkylation sites (tertiary alicyclic amines) is 1. The van der Waals surface area contributed by atoms with E-state index in [-0.39, 0.29) is 21.4 Å². The zero-order chi connectivity index (χ0) is 29.3. The summed E-state index contributed by atoms with van der Waals surface area (Å²) >= 11 is 11.8. The van der Waals surface area contributed by atoms with Gasteiger partial charge in [0.15, 0.2) is 0 Å². The lowest BCUT2D eigenvalue weighted by molar-refractivity contribution is -0.135. The number of hydrogen-bond donors (Lipinski definition) is 3. The summed E-state index contributed by atoms with van der Waals surface area (Å²) in [7, 11) is 1.56. The summed E-state index contributed by atoms with van der Waals surface area (Å²) in [6, 6.07) is 17.8. The van der Waals surface area contributed by atoms with Crippen LogP contribution in [0.2, 0.25) is 10.0 Å². The third-order valence-electron chi connectivity index (χ3n) is 6.24. The number of nitrogens with one attached hydrogen (secondary N) is 2. The van der Waals surface area contributed by atoms with Crippen LogP contribution in [0.25, 0.3) is 0 Å². The lowest BCUT2D eigenvalue weighted by Crippen LogP contribution is -2.49. The maximum atomic E-state index is 12.0. The summed E-state index contributed by atoms with van der Waals surface area (Å²) < 4.78 is 1.29. The van der Waals surface area contributed by atoms with Crippen LogP contribution in [0.4, 0.5) is 10.6 Å². The molecular weight excluding hydrogens is 559 g/mol. The maximum Gasteiger partial charge on any atom is 0.349 e. The number of rotatable bonds is 5. The van der Waals surface area contributed by atoms with Gasteiger partial charge >= 0.3 is 17.7 Å². The molecule has 1 aliphatic rings. The molecule has 3 N–H and O–H groups in total. The second-order valence-corrected chi connectivity index (χ2v) is 9.67. The molecule has 11 nitrogen and oxygen atoms in total. The van der Waals surface area contributed by atoms with E-state index in [2.05, 4.69) is 21.7 Å². The van der Waals surface area contributed by atoms with Gasteiger partial charge in [0.1, 0.15) is 12.4 Å². The van der Waals surface area contributed by atoms with Gasteiger partial charge in [-0.1, -0.05) is 59.6 Å². The Balaban J connectivity index is 0.000000222. The summed E-state index contributed by atoms with van der Waals surface area (Å²) in [5.41, 5.74) is 0.0830. The van der Waals surface area contributed by atoms with Crippen LogP contribution in [0, 0.1) is 11.3 Å². The number of halogens is 2. The second-order valence-electron chi connectivity index (χ2n) is 8.86. The first-order chi connectivity index (χ1) is 19.1. The van der Waals surface area contributed by atoms with E-state index in [9.17, 15) is 24.4 Å². The number of carboxylic acid groups (broad SMARTS) is 1. The van der Waals surface area contributed by atoms with E-state index >= 15 is 0 Å². The molecule has 1 aliphatic heterocycles. The van der Waals surface area contributed by atoms with E-state index < -0.39 is 35.6 Å². The van der Waals surface area contributed by atoms with Crippen LogP contribution in [0.1, 0.15) is 28.8 Å². The molecule has 3 amide bonds. The van der Waals surface area contributed by atoms with Crippen molar-refractivity contribution in [3.8, 4) is 6.07 Å². The van der Waals surface area contributed by atoms with Crippen molar-refractivity contribution in [2.24, 2.45) is 7.05 Å². The van der Waals surface area contributed by atoms with E-state index in [1.165, 1.54) is 16.8 Å². The van der Waals surface area contributed by atoms with Crippen LogP contribution in [-0.2, 0) is 17.3 Å². The molecule has 4 rings (SSSR count). The van der Waals surface area contributed by atoms with Crippen molar-refractivity contribution in [3.63, 3.8) is 0 Å². The third kappa shape index (κ3) is 7.59. The highest BCUT2D eigenvalue weighted by molar-refractivity contribution is 6.40. The van der Waals surface area contributed by atoms with Crippen LogP contribution in [0.15, 0.2) is 65.6 Å².